The number of aryl methyl sites for hydroxylation is 1. The number of anilines is 2. The van der Waals surface area contributed by atoms with E-state index >= 15 is 0 Å². The predicted octanol–water partition coefficient (Wildman–Crippen LogP) is 4.52. The summed E-state index contributed by atoms with van der Waals surface area (Å²) in [6.45, 7) is 5.44. The van der Waals surface area contributed by atoms with Crippen LogP contribution in [0.15, 0.2) is 47.3 Å². The second kappa shape index (κ2) is 15.0. The van der Waals surface area contributed by atoms with E-state index in [1.807, 2.05) is 26.0 Å². The van der Waals surface area contributed by atoms with Crippen molar-refractivity contribution < 1.29 is 28.5 Å². The molecule has 3 aromatic carbocycles. The van der Waals surface area contributed by atoms with Crippen molar-refractivity contribution in [2.45, 2.75) is 52.1 Å². The van der Waals surface area contributed by atoms with Gasteiger partial charge in [-0.25, -0.2) is 0 Å². The molecule has 1 aliphatic carbocycles. The van der Waals surface area contributed by atoms with Crippen LogP contribution in [-0.2, 0) is 16.0 Å². The van der Waals surface area contributed by atoms with E-state index in [1.165, 1.54) is 27.2 Å². The molecule has 1 aliphatic rings. The van der Waals surface area contributed by atoms with Crippen LogP contribution in [0.3, 0.4) is 0 Å². The minimum absolute atomic E-state index is 0.112. The summed E-state index contributed by atoms with van der Waals surface area (Å²) in [6, 6.07) is 10.8. The normalized spacial score (nSPS) is 14.1. The summed E-state index contributed by atoms with van der Waals surface area (Å²) in [5.74, 6) is 1.73. The largest absolute Gasteiger partial charge is 0.496 e. The standard InChI is InChI=1S/C35H41N7O7/c1-18(2)14-27(35(45)37-21-9-13-29(46-4)24(16-21)34-39-41-42-40-34)38-26-12-10-22-23(17-28(26)44)25(36-19(3)43)11-8-20-15-30(47-5)32(48-6)33(49-7)31(20)22/h9-10,12-13,15-18,25,27H,8,11,14H2,1-7H3,(H,36,43)(H,37,45)(H,38,44)(H,39,40,41,42)/t25-,27-/m0/s1. The van der Waals surface area contributed by atoms with Crippen LogP contribution in [0, 0.1) is 5.92 Å². The van der Waals surface area contributed by atoms with Gasteiger partial charge in [-0.15, -0.1) is 10.2 Å². The predicted molar refractivity (Wildman–Crippen MR) is 184 cm³/mol. The molecule has 2 atom stereocenters. The van der Waals surface area contributed by atoms with Gasteiger partial charge >= 0.3 is 0 Å². The highest BCUT2D eigenvalue weighted by Crippen LogP contribution is 2.50. The van der Waals surface area contributed by atoms with Gasteiger partial charge in [-0.05, 0) is 83.5 Å². The van der Waals surface area contributed by atoms with Crippen LogP contribution in [0.4, 0.5) is 11.4 Å². The Kier molecular flexibility index (Phi) is 10.6. The number of hydrogen-bond donors (Lipinski definition) is 4. The smallest absolute Gasteiger partial charge is 0.246 e. The fourth-order valence-corrected chi connectivity index (χ4v) is 6.18. The van der Waals surface area contributed by atoms with E-state index in [0.717, 1.165) is 11.1 Å². The third-order valence-electron chi connectivity index (χ3n) is 8.32. The molecule has 0 aliphatic heterocycles. The highest BCUT2D eigenvalue weighted by molar-refractivity contribution is 5.97. The molecule has 0 saturated heterocycles. The SMILES string of the molecule is COc1ccc(NC(=O)[C@H](CC(C)C)Nc2ccc3c(cc2=O)[C@@H](NC(C)=O)CCc2cc(OC)c(OC)c(OC)c2-3)cc1-c1nn[nH]n1. The number of ether oxygens (including phenoxy) is 4. The van der Waals surface area contributed by atoms with Crippen molar-refractivity contribution in [1.29, 1.82) is 0 Å². The molecule has 4 aromatic rings. The molecule has 258 valence electrons. The van der Waals surface area contributed by atoms with Gasteiger partial charge < -0.3 is 34.9 Å². The molecule has 0 saturated carbocycles. The fourth-order valence-electron chi connectivity index (χ4n) is 6.18. The Labute approximate surface area is 283 Å². The number of rotatable bonds is 12. The molecule has 49 heavy (non-hydrogen) atoms. The Morgan fingerprint density at radius 1 is 0.939 bits per heavy atom. The number of hydrogen-bond acceptors (Lipinski definition) is 11. The van der Waals surface area contributed by atoms with E-state index in [0.29, 0.717) is 70.5 Å². The van der Waals surface area contributed by atoms with E-state index in [1.54, 1.807) is 38.5 Å². The number of nitrogens with one attached hydrogen (secondary N) is 4. The quantitative estimate of drug-likeness (QED) is 0.166. The van der Waals surface area contributed by atoms with Crippen molar-refractivity contribution in [3.63, 3.8) is 0 Å². The summed E-state index contributed by atoms with van der Waals surface area (Å²) in [7, 11) is 6.16. The van der Waals surface area contributed by atoms with Crippen molar-refractivity contribution in [1.82, 2.24) is 25.9 Å². The van der Waals surface area contributed by atoms with Crippen LogP contribution in [-0.4, -0.2) is 66.9 Å². The summed E-state index contributed by atoms with van der Waals surface area (Å²) in [6.07, 6.45) is 1.53. The van der Waals surface area contributed by atoms with Crippen LogP contribution < -0.4 is 40.3 Å². The highest BCUT2D eigenvalue weighted by atomic mass is 16.5. The molecule has 1 aromatic heterocycles. The van der Waals surface area contributed by atoms with Crippen molar-refractivity contribution in [3.05, 3.63) is 63.8 Å². The van der Waals surface area contributed by atoms with Gasteiger partial charge in [-0.3, -0.25) is 14.4 Å². The van der Waals surface area contributed by atoms with Gasteiger partial charge in [0.15, 0.2) is 11.5 Å². The van der Waals surface area contributed by atoms with Crippen molar-refractivity contribution >= 4 is 23.2 Å². The fraction of sp³-hybridized carbons (Fsp3) is 0.371. The maximum Gasteiger partial charge on any atom is 0.246 e. The van der Waals surface area contributed by atoms with Gasteiger partial charge in [0.2, 0.25) is 28.8 Å². The number of fused-ring (bicyclic) bond motifs is 3. The highest BCUT2D eigenvalue weighted by Gasteiger charge is 2.30. The Balaban J connectivity index is 1.57. The molecule has 5 rings (SSSR count). The number of aromatic nitrogens is 4. The molecule has 14 nitrogen and oxygen atoms in total. The topological polar surface area (TPSA) is 179 Å². The van der Waals surface area contributed by atoms with Crippen molar-refractivity contribution in [2.75, 3.05) is 39.1 Å². The Hall–Kier alpha value is -5.66. The molecule has 0 unspecified atom stereocenters. The summed E-state index contributed by atoms with van der Waals surface area (Å²) < 4.78 is 22.6. The first-order chi connectivity index (χ1) is 23.6. The van der Waals surface area contributed by atoms with Crippen LogP contribution in [0.25, 0.3) is 22.5 Å². The van der Waals surface area contributed by atoms with Crippen LogP contribution >= 0.6 is 0 Å². The summed E-state index contributed by atoms with van der Waals surface area (Å²) in [5, 5.41) is 23.3. The molecule has 0 bridgehead atoms. The van der Waals surface area contributed by atoms with E-state index in [9.17, 15) is 14.4 Å². The first-order valence-corrected chi connectivity index (χ1v) is 15.8. The Bertz CT molecular complexity index is 1900. The number of amides is 2. The maximum absolute atomic E-state index is 14.0. The Morgan fingerprint density at radius 2 is 1.69 bits per heavy atom. The van der Waals surface area contributed by atoms with Crippen LogP contribution in [0.5, 0.6) is 23.0 Å². The Morgan fingerprint density at radius 3 is 2.33 bits per heavy atom. The average Bonchev–Trinajstić information content (AvgIpc) is 3.52. The van der Waals surface area contributed by atoms with E-state index in [4.69, 9.17) is 18.9 Å². The summed E-state index contributed by atoms with van der Waals surface area (Å²) >= 11 is 0. The van der Waals surface area contributed by atoms with Gasteiger partial charge in [0, 0.05) is 18.2 Å². The van der Waals surface area contributed by atoms with E-state index in [-0.39, 0.29) is 28.8 Å². The molecule has 1 heterocycles. The van der Waals surface area contributed by atoms with Gasteiger partial charge in [-0.2, -0.15) is 5.21 Å². The number of nitrogens with zero attached hydrogens (tertiary/aromatic N) is 3. The van der Waals surface area contributed by atoms with Gasteiger partial charge in [0.25, 0.3) is 0 Å². The maximum atomic E-state index is 14.0. The number of benzene rings is 2. The van der Waals surface area contributed by atoms with Gasteiger partial charge in [0.05, 0.1) is 45.7 Å². The molecule has 4 N–H and O–H groups in total. The molecular formula is C35H41N7O7. The lowest BCUT2D eigenvalue weighted by molar-refractivity contribution is -0.120. The number of methoxy groups -OCH3 is 4. The zero-order valence-corrected chi connectivity index (χ0v) is 28.6. The van der Waals surface area contributed by atoms with Gasteiger partial charge in [0.1, 0.15) is 11.8 Å². The number of tetrazole rings is 1. The number of carbonyl (C=O) groups is 2. The molecule has 0 spiro atoms. The van der Waals surface area contributed by atoms with Crippen LogP contribution in [0.2, 0.25) is 0 Å². The first-order valence-electron chi connectivity index (χ1n) is 15.8. The number of H-pyrrole nitrogens is 1. The lowest BCUT2D eigenvalue weighted by atomic mass is 9.95. The second-order valence-corrected chi connectivity index (χ2v) is 12.1. The minimum atomic E-state index is -0.775. The number of aromatic amines is 1. The van der Waals surface area contributed by atoms with Crippen molar-refractivity contribution in [2.24, 2.45) is 5.92 Å². The van der Waals surface area contributed by atoms with E-state index in [2.05, 4.69) is 36.6 Å². The summed E-state index contributed by atoms with van der Waals surface area (Å²) in [4.78, 5) is 40.1. The lowest BCUT2D eigenvalue weighted by Crippen LogP contribution is -2.37. The second-order valence-electron chi connectivity index (χ2n) is 12.1. The number of carbonyl (C=O) groups excluding carboxylic acids is 2. The molecule has 14 heteroatoms. The summed E-state index contributed by atoms with van der Waals surface area (Å²) in [5.41, 5.74) is 3.86. The minimum Gasteiger partial charge on any atom is -0.496 e. The monoisotopic (exact) mass is 671 g/mol. The lowest BCUT2D eigenvalue weighted by Gasteiger charge is -2.21. The molecular weight excluding hydrogens is 630 g/mol. The van der Waals surface area contributed by atoms with Gasteiger partial charge in [-0.1, -0.05) is 19.9 Å². The first kappa shape index (κ1) is 34.7. The average molecular weight is 672 g/mol. The van der Waals surface area contributed by atoms with Crippen LogP contribution in [0.1, 0.15) is 50.8 Å². The van der Waals surface area contributed by atoms with E-state index < -0.39 is 12.1 Å². The zero-order chi connectivity index (χ0) is 35.2. The molecule has 2 amide bonds. The zero-order valence-electron chi connectivity index (χ0n) is 28.6. The van der Waals surface area contributed by atoms with Crippen molar-refractivity contribution in [3.8, 4) is 45.5 Å². The third-order valence-corrected chi connectivity index (χ3v) is 8.32. The molecule has 0 radical (unpaired) electrons. The molecule has 0 fully saturated rings. The third kappa shape index (κ3) is 7.42.